The fourth-order valence-corrected chi connectivity index (χ4v) is 2.78. The molecule has 1 amide bonds. The molecule has 2 aliphatic carbocycles. The predicted molar refractivity (Wildman–Crippen MR) is 80.1 cm³/mol. The summed E-state index contributed by atoms with van der Waals surface area (Å²) in [4.78, 5) is 23.5. The zero-order valence-electron chi connectivity index (χ0n) is 13.4. The quantitative estimate of drug-likeness (QED) is 0.758. The van der Waals surface area contributed by atoms with E-state index in [9.17, 15) is 14.7 Å². The van der Waals surface area contributed by atoms with Crippen molar-refractivity contribution in [1.29, 1.82) is 0 Å². The molecule has 0 bridgehead atoms. The zero-order chi connectivity index (χ0) is 16.5. The first kappa shape index (κ1) is 16.5. The van der Waals surface area contributed by atoms with Crippen LogP contribution in [0.1, 0.15) is 33.6 Å². The van der Waals surface area contributed by atoms with Crippen LogP contribution in [0.2, 0.25) is 0 Å². The molecular formula is C16H23NO5. The summed E-state index contributed by atoms with van der Waals surface area (Å²) in [7, 11) is 1.36. The lowest BCUT2D eigenvalue weighted by atomic mass is 9.91. The average molecular weight is 309 g/mol. The van der Waals surface area contributed by atoms with E-state index >= 15 is 0 Å². The standard InChI is InChI=1S/C16H23NO5/c1-16(2,3)22-15(20)17-13-11-6-5-9(14(19)21-4)7-10(11)8-12(13)18/h6-7,9,12-13,18H,5,8H2,1-4H3,(H,17,20)/t9?,12-,13-/m1/s1. The summed E-state index contributed by atoms with van der Waals surface area (Å²) in [6.45, 7) is 5.34. The summed E-state index contributed by atoms with van der Waals surface area (Å²) in [5.74, 6) is -0.614. The number of hydrogen-bond acceptors (Lipinski definition) is 5. The van der Waals surface area contributed by atoms with Crippen LogP contribution in [0.25, 0.3) is 0 Å². The van der Waals surface area contributed by atoms with E-state index in [1.165, 1.54) is 7.11 Å². The SMILES string of the molecule is COC(=O)C1C=C2C[C@@H](O)[C@H](NC(=O)OC(C)(C)C)C2=CC1. The van der Waals surface area contributed by atoms with Crippen LogP contribution in [-0.4, -0.2) is 42.0 Å². The number of carbonyl (C=O) groups excluding carboxylic acids is 2. The van der Waals surface area contributed by atoms with Crippen molar-refractivity contribution in [3.05, 3.63) is 23.3 Å². The second kappa shape index (κ2) is 6.12. The van der Waals surface area contributed by atoms with Gasteiger partial charge >= 0.3 is 12.1 Å². The molecule has 2 rings (SSSR count). The van der Waals surface area contributed by atoms with E-state index in [2.05, 4.69) is 5.32 Å². The molecule has 0 spiro atoms. The van der Waals surface area contributed by atoms with Gasteiger partial charge < -0.3 is 19.9 Å². The summed E-state index contributed by atoms with van der Waals surface area (Å²) in [6, 6.07) is -0.500. The molecule has 0 aromatic rings. The summed E-state index contributed by atoms with van der Waals surface area (Å²) in [5, 5.41) is 12.9. The molecule has 22 heavy (non-hydrogen) atoms. The number of ether oxygens (including phenoxy) is 2. The third-order valence-corrected chi connectivity index (χ3v) is 3.69. The molecule has 0 aromatic carbocycles. The van der Waals surface area contributed by atoms with Gasteiger partial charge in [-0.3, -0.25) is 4.79 Å². The van der Waals surface area contributed by atoms with E-state index in [1.807, 2.05) is 12.2 Å². The number of rotatable bonds is 2. The van der Waals surface area contributed by atoms with E-state index in [4.69, 9.17) is 9.47 Å². The third kappa shape index (κ3) is 3.68. The Bertz CT molecular complexity index is 529. The zero-order valence-corrected chi connectivity index (χ0v) is 13.4. The van der Waals surface area contributed by atoms with Crippen molar-refractivity contribution >= 4 is 12.1 Å². The molecule has 6 nitrogen and oxygen atoms in total. The van der Waals surface area contributed by atoms with Gasteiger partial charge in [-0.05, 0) is 38.3 Å². The monoisotopic (exact) mass is 309 g/mol. The van der Waals surface area contributed by atoms with Gasteiger partial charge in [0.15, 0.2) is 0 Å². The number of carbonyl (C=O) groups is 2. The summed E-state index contributed by atoms with van der Waals surface area (Å²) >= 11 is 0. The van der Waals surface area contributed by atoms with Crippen LogP contribution < -0.4 is 5.32 Å². The lowest BCUT2D eigenvalue weighted by Gasteiger charge is -2.24. The molecule has 0 aromatic heterocycles. The van der Waals surface area contributed by atoms with Gasteiger partial charge in [0.25, 0.3) is 0 Å². The smallest absolute Gasteiger partial charge is 0.408 e. The number of nitrogens with one attached hydrogen (secondary N) is 1. The van der Waals surface area contributed by atoms with Gasteiger partial charge in [-0.2, -0.15) is 0 Å². The number of allylic oxidation sites excluding steroid dienone is 1. The van der Waals surface area contributed by atoms with Crippen LogP contribution in [0.5, 0.6) is 0 Å². The lowest BCUT2D eigenvalue weighted by Crippen LogP contribution is -2.43. The molecule has 0 radical (unpaired) electrons. The number of aliphatic hydroxyl groups is 1. The molecule has 1 unspecified atom stereocenters. The molecule has 3 atom stereocenters. The Morgan fingerprint density at radius 1 is 1.36 bits per heavy atom. The van der Waals surface area contributed by atoms with E-state index in [-0.39, 0.29) is 11.9 Å². The fraction of sp³-hybridized carbons (Fsp3) is 0.625. The minimum absolute atomic E-state index is 0.291. The van der Waals surface area contributed by atoms with Gasteiger partial charge in [0.1, 0.15) is 5.60 Å². The largest absolute Gasteiger partial charge is 0.469 e. The first-order valence-electron chi connectivity index (χ1n) is 7.38. The average Bonchev–Trinajstić information content (AvgIpc) is 2.71. The Morgan fingerprint density at radius 3 is 2.64 bits per heavy atom. The van der Waals surface area contributed by atoms with Crippen molar-refractivity contribution in [3.63, 3.8) is 0 Å². The summed E-state index contributed by atoms with van der Waals surface area (Å²) in [6.07, 6.45) is 3.33. The third-order valence-electron chi connectivity index (χ3n) is 3.69. The van der Waals surface area contributed by atoms with Gasteiger partial charge in [0.2, 0.25) is 0 Å². The van der Waals surface area contributed by atoms with Crippen LogP contribution in [0.4, 0.5) is 4.79 Å². The predicted octanol–water partition coefficient (Wildman–Crippen LogP) is 1.69. The van der Waals surface area contributed by atoms with Gasteiger partial charge in [-0.25, -0.2) is 4.79 Å². The number of aliphatic hydroxyl groups excluding tert-OH is 1. The van der Waals surface area contributed by atoms with Crippen molar-refractivity contribution < 1.29 is 24.2 Å². The Kier molecular flexibility index (Phi) is 4.60. The van der Waals surface area contributed by atoms with E-state index < -0.39 is 23.8 Å². The minimum atomic E-state index is -0.721. The van der Waals surface area contributed by atoms with Gasteiger partial charge in [0, 0.05) is 6.42 Å². The van der Waals surface area contributed by atoms with Crippen LogP contribution in [0, 0.1) is 5.92 Å². The molecule has 0 heterocycles. The highest BCUT2D eigenvalue weighted by Crippen LogP contribution is 2.37. The Balaban J connectivity index is 2.07. The van der Waals surface area contributed by atoms with Crippen molar-refractivity contribution in [1.82, 2.24) is 5.32 Å². The first-order chi connectivity index (χ1) is 10.2. The molecule has 6 heteroatoms. The number of methoxy groups -OCH3 is 1. The van der Waals surface area contributed by atoms with Crippen molar-refractivity contribution in [2.45, 2.75) is 51.4 Å². The normalized spacial score (nSPS) is 27.4. The Labute approximate surface area is 130 Å². The van der Waals surface area contributed by atoms with Crippen LogP contribution in [0.3, 0.4) is 0 Å². The summed E-state index contributed by atoms with van der Waals surface area (Å²) < 4.78 is 9.97. The number of fused-ring (bicyclic) bond motifs is 1. The van der Waals surface area contributed by atoms with Gasteiger partial charge in [-0.15, -0.1) is 0 Å². The number of alkyl carbamates (subject to hydrolysis) is 1. The van der Waals surface area contributed by atoms with Gasteiger partial charge in [-0.1, -0.05) is 12.2 Å². The maximum atomic E-state index is 11.9. The van der Waals surface area contributed by atoms with E-state index in [1.54, 1.807) is 20.8 Å². The first-order valence-corrected chi connectivity index (χ1v) is 7.38. The van der Waals surface area contributed by atoms with E-state index in [0.717, 1.165) is 11.1 Å². The van der Waals surface area contributed by atoms with E-state index in [0.29, 0.717) is 12.8 Å². The second-order valence-corrected chi connectivity index (χ2v) is 6.61. The van der Waals surface area contributed by atoms with Crippen LogP contribution in [-0.2, 0) is 14.3 Å². The molecule has 2 aliphatic rings. The number of esters is 1. The highest BCUT2D eigenvalue weighted by molar-refractivity contribution is 5.76. The maximum absolute atomic E-state index is 11.9. The molecule has 0 aliphatic heterocycles. The molecule has 1 saturated carbocycles. The Hall–Kier alpha value is -1.82. The second-order valence-electron chi connectivity index (χ2n) is 6.61. The van der Waals surface area contributed by atoms with Crippen molar-refractivity contribution in [3.8, 4) is 0 Å². The van der Waals surface area contributed by atoms with Crippen molar-refractivity contribution in [2.75, 3.05) is 7.11 Å². The van der Waals surface area contributed by atoms with Crippen LogP contribution >= 0.6 is 0 Å². The number of amides is 1. The minimum Gasteiger partial charge on any atom is -0.469 e. The Morgan fingerprint density at radius 2 is 2.05 bits per heavy atom. The molecular weight excluding hydrogens is 286 g/mol. The molecule has 122 valence electrons. The topological polar surface area (TPSA) is 84.9 Å². The van der Waals surface area contributed by atoms with Gasteiger partial charge in [0.05, 0.1) is 25.2 Å². The summed E-state index contributed by atoms with van der Waals surface area (Å²) in [5.41, 5.74) is 1.15. The highest BCUT2D eigenvalue weighted by atomic mass is 16.6. The molecule has 0 saturated heterocycles. The molecule has 1 fully saturated rings. The fourth-order valence-electron chi connectivity index (χ4n) is 2.78. The molecule has 2 N–H and O–H groups in total. The highest BCUT2D eigenvalue weighted by Gasteiger charge is 2.38. The lowest BCUT2D eigenvalue weighted by molar-refractivity contribution is -0.143. The van der Waals surface area contributed by atoms with Crippen LogP contribution in [0.15, 0.2) is 23.3 Å². The maximum Gasteiger partial charge on any atom is 0.408 e. The van der Waals surface area contributed by atoms with Crippen molar-refractivity contribution in [2.24, 2.45) is 5.92 Å². The number of hydrogen-bond donors (Lipinski definition) is 2.